The topological polar surface area (TPSA) is 82.8 Å². The van der Waals surface area contributed by atoms with Crippen molar-refractivity contribution in [2.24, 2.45) is 5.73 Å². The number of amides is 1. The molecule has 0 saturated carbocycles. The first-order valence-electron chi connectivity index (χ1n) is 6.96. The monoisotopic (exact) mass is 314 g/mol. The van der Waals surface area contributed by atoms with Crippen molar-refractivity contribution >= 4 is 5.91 Å². The second-order valence-electron chi connectivity index (χ2n) is 5.33. The zero-order chi connectivity index (χ0) is 15.7. The van der Waals surface area contributed by atoms with Crippen LogP contribution in [-0.2, 0) is 16.1 Å². The summed E-state index contributed by atoms with van der Waals surface area (Å²) in [6, 6.07) is 4.35. The smallest absolute Gasteiger partial charge is 0.395 e. The Morgan fingerprint density at radius 2 is 2.09 bits per heavy atom. The normalized spacial score (nSPS) is 25.8. The van der Waals surface area contributed by atoms with E-state index < -0.39 is 12.4 Å². The molecule has 0 aliphatic carbocycles. The van der Waals surface area contributed by atoms with E-state index in [0.29, 0.717) is 18.6 Å². The summed E-state index contributed by atoms with van der Waals surface area (Å²) in [6.07, 6.45) is -2.85. The number of ether oxygens (including phenoxy) is 3. The Kier molecular flexibility index (Phi) is 3.88. The third kappa shape index (κ3) is 3.28. The van der Waals surface area contributed by atoms with Gasteiger partial charge in [-0.05, 0) is 30.5 Å². The molecule has 2 heterocycles. The van der Waals surface area contributed by atoms with Gasteiger partial charge in [-0.1, -0.05) is 6.07 Å². The first kappa shape index (κ1) is 15.0. The fraction of sp³-hybridized carbons (Fsp3) is 0.500. The fourth-order valence-corrected chi connectivity index (χ4v) is 2.39. The highest BCUT2D eigenvalue weighted by atomic mass is 19.3. The average Bonchev–Trinajstić information content (AvgIpc) is 2.78. The van der Waals surface area contributed by atoms with E-state index in [0.717, 1.165) is 6.42 Å². The molecule has 6 nitrogen and oxygen atoms in total. The van der Waals surface area contributed by atoms with Crippen molar-refractivity contribution in [3.63, 3.8) is 0 Å². The molecule has 3 N–H and O–H groups in total. The second kappa shape index (κ2) is 5.69. The Morgan fingerprint density at radius 1 is 1.32 bits per heavy atom. The molecule has 1 aromatic rings. The molecule has 1 fully saturated rings. The van der Waals surface area contributed by atoms with Gasteiger partial charge in [0.15, 0.2) is 11.5 Å². The molecule has 0 unspecified atom stereocenters. The van der Waals surface area contributed by atoms with E-state index in [2.05, 4.69) is 14.8 Å². The molecule has 120 valence electrons. The summed E-state index contributed by atoms with van der Waals surface area (Å²) in [4.78, 5) is 12.0. The van der Waals surface area contributed by atoms with Crippen LogP contribution < -0.4 is 20.5 Å². The number of nitrogens with one attached hydrogen (secondary N) is 1. The summed E-state index contributed by atoms with van der Waals surface area (Å²) in [6.45, 7) is 0.546. The fourth-order valence-electron chi connectivity index (χ4n) is 2.39. The van der Waals surface area contributed by atoms with Crippen LogP contribution in [0.25, 0.3) is 0 Å². The third-order valence-corrected chi connectivity index (χ3v) is 3.54. The van der Waals surface area contributed by atoms with Crippen LogP contribution in [0.3, 0.4) is 0 Å². The molecule has 0 aromatic heterocycles. The minimum absolute atomic E-state index is 0.0234. The van der Waals surface area contributed by atoms with Crippen molar-refractivity contribution in [1.82, 2.24) is 5.32 Å². The maximum absolute atomic E-state index is 12.9. The molecular formula is C14H16F2N2O4. The van der Waals surface area contributed by atoms with Crippen molar-refractivity contribution in [3.8, 4) is 11.5 Å². The minimum Gasteiger partial charge on any atom is -0.395 e. The summed E-state index contributed by atoms with van der Waals surface area (Å²) in [5.41, 5.74) is 6.32. The molecule has 1 amide bonds. The van der Waals surface area contributed by atoms with Crippen LogP contribution in [0.5, 0.6) is 11.5 Å². The highest BCUT2D eigenvalue weighted by molar-refractivity contribution is 5.80. The van der Waals surface area contributed by atoms with Gasteiger partial charge < -0.3 is 25.3 Å². The number of rotatable bonds is 3. The van der Waals surface area contributed by atoms with E-state index in [-0.39, 0.29) is 30.0 Å². The number of halogens is 2. The van der Waals surface area contributed by atoms with Gasteiger partial charge in [-0.25, -0.2) is 0 Å². The highest BCUT2D eigenvalue weighted by Crippen LogP contribution is 2.41. The second-order valence-corrected chi connectivity index (χ2v) is 5.33. The molecule has 1 saturated heterocycles. The number of nitrogens with two attached hydrogens (primary N) is 1. The van der Waals surface area contributed by atoms with Gasteiger partial charge in [0.1, 0.15) is 6.10 Å². The summed E-state index contributed by atoms with van der Waals surface area (Å²) in [5.74, 6) is -0.309. The van der Waals surface area contributed by atoms with Gasteiger partial charge in [0.25, 0.3) is 0 Å². The van der Waals surface area contributed by atoms with Crippen LogP contribution in [0.15, 0.2) is 18.2 Å². The van der Waals surface area contributed by atoms with E-state index in [1.165, 1.54) is 12.1 Å². The summed E-state index contributed by atoms with van der Waals surface area (Å²) in [5, 5.41) is 2.71. The van der Waals surface area contributed by atoms with Crippen molar-refractivity contribution < 1.29 is 27.8 Å². The van der Waals surface area contributed by atoms with E-state index >= 15 is 0 Å². The maximum Gasteiger partial charge on any atom is 0.586 e. The van der Waals surface area contributed by atoms with Crippen molar-refractivity contribution in [1.29, 1.82) is 0 Å². The Labute approximate surface area is 125 Å². The largest absolute Gasteiger partial charge is 0.586 e. The zero-order valence-electron chi connectivity index (χ0n) is 11.7. The van der Waals surface area contributed by atoms with Crippen LogP contribution in [-0.4, -0.2) is 31.0 Å². The number of carbonyl (C=O) groups excluding carboxylic acids is 1. The third-order valence-electron chi connectivity index (χ3n) is 3.54. The molecule has 2 aliphatic heterocycles. The lowest BCUT2D eigenvalue weighted by atomic mass is 10.1. The molecule has 2 aliphatic rings. The predicted octanol–water partition coefficient (Wildman–Crippen LogP) is 1.13. The Balaban J connectivity index is 1.55. The highest BCUT2D eigenvalue weighted by Gasteiger charge is 2.43. The zero-order valence-corrected chi connectivity index (χ0v) is 11.7. The molecule has 0 spiro atoms. The van der Waals surface area contributed by atoms with Crippen LogP contribution in [0, 0.1) is 0 Å². The van der Waals surface area contributed by atoms with Crippen LogP contribution in [0.4, 0.5) is 8.78 Å². The van der Waals surface area contributed by atoms with Crippen molar-refractivity contribution in [2.45, 2.75) is 37.8 Å². The number of alkyl halides is 2. The van der Waals surface area contributed by atoms with Gasteiger partial charge in [0.2, 0.25) is 5.91 Å². The number of hydrogen-bond donors (Lipinski definition) is 2. The van der Waals surface area contributed by atoms with Crippen LogP contribution in [0.1, 0.15) is 18.4 Å². The number of carbonyl (C=O) groups is 1. The Hall–Kier alpha value is -1.93. The standard InChI is InChI=1S/C14H16F2N2O4/c15-14(16)21-10-3-1-8(5-12(10)22-14)6-18-13(19)11-4-2-9(17)7-20-11/h1,3,5,9,11H,2,4,6-7,17H2,(H,18,19)/t9-,11+/m1/s1. The minimum atomic E-state index is -3.64. The average molecular weight is 314 g/mol. The number of hydrogen-bond acceptors (Lipinski definition) is 5. The summed E-state index contributed by atoms with van der Waals surface area (Å²) < 4.78 is 39.9. The lowest BCUT2D eigenvalue weighted by molar-refractivity contribution is -0.286. The van der Waals surface area contributed by atoms with Gasteiger partial charge in [-0.2, -0.15) is 0 Å². The predicted molar refractivity (Wildman–Crippen MR) is 71.4 cm³/mol. The summed E-state index contributed by atoms with van der Waals surface area (Å²) >= 11 is 0. The SMILES string of the molecule is N[C@@H]1CC[C@@H](C(=O)NCc2ccc3c(c2)OC(F)(F)O3)OC1. The van der Waals surface area contributed by atoms with Crippen LogP contribution >= 0.6 is 0 Å². The van der Waals surface area contributed by atoms with Gasteiger partial charge in [-0.3, -0.25) is 4.79 Å². The van der Waals surface area contributed by atoms with Gasteiger partial charge in [-0.15, -0.1) is 8.78 Å². The summed E-state index contributed by atoms with van der Waals surface area (Å²) in [7, 11) is 0. The maximum atomic E-state index is 12.9. The number of fused-ring (bicyclic) bond motifs is 1. The first-order chi connectivity index (χ1) is 10.4. The van der Waals surface area contributed by atoms with Gasteiger partial charge in [0.05, 0.1) is 6.61 Å². The molecule has 22 heavy (non-hydrogen) atoms. The Morgan fingerprint density at radius 3 is 2.82 bits per heavy atom. The molecule has 2 atom stereocenters. The molecule has 8 heteroatoms. The molecule has 0 bridgehead atoms. The van der Waals surface area contributed by atoms with Gasteiger partial charge >= 0.3 is 6.29 Å². The number of benzene rings is 1. The van der Waals surface area contributed by atoms with E-state index in [9.17, 15) is 13.6 Å². The Bertz CT molecular complexity index is 574. The van der Waals surface area contributed by atoms with Crippen molar-refractivity contribution in [3.05, 3.63) is 23.8 Å². The molecular weight excluding hydrogens is 298 g/mol. The lowest BCUT2D eigenvalue weighted by Crippen LogP contribution is -2.43. The van der Waals surface area contributed by atoms with E-state index in [1.807, 2.05) is 0 Å². The van der Waals surface area contributed by atoms with E-state index in [1.54, 1.807) is 6.07 Å². The quantitative estimate of drug-likeness (QED) is 0.874. The first-order valence-corrected chi connectivity index (χ1v) is 6.96. The lowest BCUT2D eigenvalue weighted by Gasteiger charge is -2.25. The molecule has 0 radical (unpaired) electrons. The molecule has 3 rings (SSSR count). The van der Waals surface area contributed by atoms with Gasteiger partial charge in [0, 0.05) is 12.6 Å². The van der Waals surface area contributed by atoms with Crippen LogP contribution in [0.2, 0.25) is 0 Å². The molecule has 1 aromatic carbocycles. The van der Waals surface area contributed by atoms with E-state index in [4.69, 9.17) is 10.5 Å². The van der Waals surface area contributed by atoms with Crippen molar-refractivity contribution in [2.75, 3.05) is 6.61 Å².